The van der Waals surface area contributed by atoms with Crippen LogP contribution < -0.4 is 14.8 Å². The topological polar surface area (TPSA) is 110 Å². The highest BCUT2D eigenvalue weighted by molar-refractivity contribution is 6.39. The van der Waals surface area contributed by atoms with Crippen LogP contribution in [0.5, 0.6) is 11.8 Å². The second-order valence-corrected chi connectivity index (χ2v) is 15.1. The Morgan fingerprint density at radius 1 is 0.941 bits per heavy atom. The van der Waals surface area contributed by atoms with E-state index in [0.29, 0.717) is 57.9 Å². The molecule has 264 valence electrons. The molecule has 3 aliphatic heterocycles. The Labute approximate surface area is 307 Å². The Kier molecular flexibility index (Phi) is 8.89. The molecule has 1 spiro atoms. The molecule has 4 aliphatic rings. The molecule has 4 aromatic rings. The van der Waals surface area contributed by atoms with E-state index in [0.717, 1.165) is 79.9 Å². The van der Waals surface area contributed by atoms with Gasteiger partial charge in [-0.1, -0.05) is 59.6 Å². The van der Waals surface area contributed by atoms with Crippen LogP contribution in [-0.4, -0.2) is 82.5 Å². The van der Waals surface area contributed by atoms with E-state index in [-0.39, 0.29) is 17.4 Å². The van der Waals surface area contributed by atoms with Gasteiger partial charge in [-0.2, -0.15) is 0 Å². The first-order valence-electron chi connectivity index (χ1n) is 17.5. The molecular formula is C39H40Cl2N6O4. The van der Waals surface area contributed by atoms with E-state index >= 15 is 0 Å². The first kappa shape index (κ1) is 33.9. The minimum atomic E-state index is -0.104. The number of methoxy groups -OCH3 is 2. The number of hydrogen-bond acceptors (Lipinski definition) is 8. The number of amides is 2. The highest BCUT2D eigenvalue weighted by Gasteiger charge is 2.47. The van der Waals surface area contributed by atoms with Gasteiger partial charge in [0, 0.05) is 73.9 Å². The van der Waals surface area contributed by atoms with Crippen molar-refractivity contribution in [1.82, 2.24) is 30.1 Å². The van der Waals surface area contributed by atoms with Gasteiger partial charge in [-0.05, 0) is 49.1 Å². The Morgan fingerprint density at radius 2 is 1.59 bits per heavy atom. The number of ether oxygens (including phenoxy) is 2. The molecule has 10 nitrogen and oxygen atoms in total. The zero-order valence-corrected chi connectivity index (χ0v) is 30.5. The third kappa shape index (κ3) is 6.21. The Balaban J connectivity index is 1.04. The zero-order chi connectivity index (χ0) is 35.4. The number of benzene rings is 2. The molecule has 3 fully saturated rings. The van der Waals surface area contributed by atoms with Crippen LogP contribution >= 0.6 is 23.2 Å². The summed E-state index contributed by atoms with van der Waals surface area (Å²) in [4.78, 5) is 42.1. The van der Waals surface area contributed by atoms with Gasteiger partial charge in [0.25, 0.3) is 0 Å². The minimum Gasteiger partial charge on any atom is -0.481 e. The van der Waals surface area contributed by atoms with Gasteiger partial charge >= 0.3 is 0 Å². The number of halogens is 2. The summed E-state index contributed by atoms with van der Waals surface area (Å²) in [6, 6.07) is 13.9. The second kappa shape index (κ2) is 13.4. The van der Waals surface area contributed by atoms with E-state index < -0.39 is 0 Å². The molecule has 2 aromatic heterocycles. The highest BCUT2D eigenvalue weighted by Crippen LogP contribution is 2.47. The standard InChI is InChI=1S/C39H40Cl2N6O4/c1-22(48)47-17-23(18-47)14-24-10-11-25-15-30(43-38(51-3)34(24)25)28-8-4-6-26(35(28)40)27-7-5-9-29(36(27)41)31-16-42-32(37(44-31)50-2)19-46-20-39(21-46)13-12-33(49)45-39/h4-9,15-16,23-24H,10-14,17-21H2,1-3H3,(H,45,49). The predicted octanol–water partition coefficient (Wildman–Crippen LogP) is 6.56. The van der Waals surface area contributed by atoms with Crippen molar-refractivity contribution in [2.45, 2.75) is 57.0 Å². The molecule has 2 aromatic carbocycles. The van der Waals surface area contributed by atoms with E-state index in [1.54, 1.807) is 27.3 Å². The van der Waals surface area contributed by atoms with Crippen LogP contribution in [0.2, 0.25) is 10.0 Å². The summed E-state index contributed by atoms with van der Waals surface area (Å²) < 4.78 is 11.6. The fourth-order valence-corrected chi connectivity index (χ4v) is 9.08. The Hall–Kier alpha value is -4.25. The summed E-state index contributed by atoms with van der Waals surface area (Å²) in [5.74, 6) is 2.22. The number of pyridine rings is 1. The number of carbonyl (C=O) groups excluding carboxylic acids is 2. The van der Waals surface area contributed by atoms with Crippen LogP contribution in [0.25, 0.3) is 33.6 Å². The number of rotatable bonds is 9. The zero-order valence-electron chi connectivity index (χ0n) is 29.0. The van der Waals surface area contributed by atoms with Gasteiger partial charge in [-0.25, -0.2) is 9.97 Å². The van der Waals surface area contributed by atoms with Crippen molar-refractivity contribution < 1.29 is 19.1 Å². The molecule has 3 saturated heterocycles. The van der Waals surface area contributed by atoms with E-state index in [2.05, 4.69) is 16.3 Å². The van der Waals surface area contributed by atoms with E-state index in [1.165, 1.54) is 11.1 Å². The van der Waals surface area contributed by atoms with Gasteiger partial charge in [-0.15, -0.1) is 0 Å². The summed E-state index contributed by atoms with van der Waals surface area (Å²) in [6.07, 6.45) is 6.20. The highest BCUT2D eigenvalue weighted by atomic mass is 35.5. The maximum absolute atomic E-state index is 11.8. The summed E-state index contributed by atoms with van der Waals surface area (Å²) in [5.41, 5.74) is 7.45. The van der Waals surface area contributed by atoms with Crippen molar-refractivity contribution in [3.63, 3.8) is 0 Å². The lowest BCUT2D eigenvalue weighted by molar-refractivity contribution is -0.135. The van der Waals surface area contributed by atoms with E-state index in [9.17, 15) is 9.59 Å². The molecule has 0 radical (unpaired) electrons. The molecule has 1 atom stereocenters. The van der Waals surface area contributed by atoms with Gasteiger partial charge in [0.2, 0.25) is 23.6 Å². The average molecular weight is 728 g/mol. The molecule has 12 heteroatoms. The maximum atomic E-state index is 11.8. The van der Waals surface area contributed by atoms with Gasteiger partial charge < -0.3 is 19.7 Å². The number of likely N-dealkylation sites (tertiary alicyclic amines) is 2. The van der Waals surface area contributed by atoms with E-state index in [4.69, 9.17) is 47.6 Å². The number of aryl methyl sites for hydroxylation is 1. The summed E-state index contributed by atoms with van der Waals surface area (Å²) >= 11 is 14.3. The molecule has 1 unspecified atom stereocenters. The molecule has 1 N–H and O–H groups in total. The van der Waals surface area contributed by atoms with Gasteiger partial charge in [0.05, 0.1) is 47.4 Å². The number of nitrogens with one attached hydrogen (secondary N) is 1. The van der Waals surface area contributed by atoms with Crippen LogP contribution in [0.4, 0.5) is 0 Å². The maximum Gasteiger partial charge on any atom is 0.237 e. The summed E-state index contributed by atoms with van der Waals surface area (Å²) in [5, 5.41) is 4.17. The van der Waals surface area contributed by atoms with Gasteiger partial charge in [-0.3, -0.25) is 19.5 Å². The first-order valence-corrected chi connectivity index (χ1v) is 18.3. The van der Waals surface area contributed by atoms with Crippen LogP contribution in [0.1, 0.15) is 55.3 Å². The SMILES string of the molecule is COc1nc(-c2cccc(-c3cccc(-c4cc5c(c(OC)n4)C(CC4CN(C(C)=O)C4)CC5)c3Cl)c2Cl)cnc1CN1CC2(CCC(=O)N2)C1. The molecule has 5 heterocycles. The Morgan fingerprint density at radius 3 is 2.22 bits per heavy atom. The summed E-state index contributed by atoms with van der Waals surface area (Å²) in [6.45, 7) is 5.44. The molecule has 2 amide bonds. The van der Waals surface area contributed by atoms with Crippen LogP contribution in [0.15, 0.2) is 48.7 Å². The first-order chi connectivity index (χ1) is 24.6. The third-order valence-electron chi connectivity index (χ3n) is 11.0. The van der Waals surface area contributed by atoms with Crippen LogP contribution in [0, 0.1) is 5.92 Å². The number of hydrogen-bond donors (Lipinski definition) is 1. The molecule has 1 aliphatic carbocycles. The van der Waals surface area contributed by atoms with Crippen molar-refractivity contribution in [2.75, 3.05) is 40.4 Å². The monoisotopic (exact) mass is 726 g/mol. The predicted molar refractivity (Wildman–Crippen MR) is 196 cm³/mol. The number of aromatic nitrogens is 3. The van der Waals surface area contributed by atoms with Crippen molar-refractivity contribution in [3.05, 3.63) is 75.5 Å². The average Bonchev–Trinajstić information content (AvgIpc) is 3.69. The Bertz CT molecular complexity index is 2040. The van der Waals surface area contributed by atoms with Gasteiger partial charge in [0.1, 0.15) is 5.69 Å². The number of fused-ring (bicyclic) bond motifs is 1. The largest absolute Gasteiger partial charge is 0.481 e. The normalized spacial score (nSPS) is 19.4. The minimum absolute atomic E-state index is 0.104. The van der Waals surface area contributed by atoms with Crippen molar-refractivity contribution >= 4 is 35.0 Å². The molecule has 51 heavy (non-hydrogen) atoms. The lowest BCUT2D eigenvalue weighted by Gasteiger charge is -2.47. The lowest BCUT2D eigenvalue weighted by Crippen LogP contribution is -2.66. The summed E-state index contributed by atoms with van der Waals surface area (Å²) in [7, 11) is 3.27. The van der Waals surface area contributed by atoms with Crippen molar-refractivity contribution in [2.24, 2.45) is 5.92 Å². The van der Waals surface area contributed by atoms with E-state index in [1.807, 2.05) is 41.3 Å². The third-order valence-corrected chi connectivity index (χ3v) is 11.8. The van der Waals surface area contributed by atoms with Gasteiger partial charge in [0.15, 0.2) is 0 Å². The fraction of sp³-hybridized carbons (Fsp3) is 0.410. The second-order valence-electron chi connectivity index (χ2n) is 14.4. The fourth-order valence-electron chi connectivity index (χ4n) is 8.43. The number of nitrogens with zero attached hydrogens (tertiary/aromatic N) is 5. The van der Waals surface area contributed by atoms with Crippen LogP contribution in [-0.2, 0) is 22.6 Å². The molecule has 0 bridgehead atoms. The van der Waals surface area contributed by atoms with Crippen LogP contribution in [0.3, 0.4) is 0 Å². The quantitative estimate of drug-likeness (QED) is 0.207. The smallest absolute Gasteiger partial charge is 0.237 e. The number of carbonyl (C=O) groups is 2. The molecule has 8 rings (SSSR count). The molecular weight excluding hydrogens is 687 g/mol. The van der Waals surface area contributed by atoms with Crippen molar-refractivity contribution in [1.29, 1.82) is 0 Å². The van der Waals surface area contributed by atoms with Crippen molar-refractivity contribution in [3.8, 4) is 45.4 Å². The lowest BCUT2D eigenvalue weighted by atomic mass is 9.85. The molecule has 0 saturated carbocycles.